The van der Waals surface area contributed by atoms with Crippen molar-refractivity contribution < 1.29 is 0 Å². The summed E-state index contributed by atoms with van der Waals surface area (Å²) in [5, 5.41) is 0.650. The standard InChI is InChI=1S/C16H13Br2N3S/c17-14-10-6-7-11-13(20-16(19)22-11)12(10)15(18)21(14)8-9-4-2-1-3-5-9/h1-5H,6-8H2,(H2,19,20). The van der Waals surface area contributed by atoms with Crippen molar-refractivity contribution in [2.75, 3.05) is 5.73 Å². The highest BCUT2D eigenvalue weighted by molar-refractivity contribution is 9.11. The second-order valence-electron chi connectivity index (χ2n) is 5.33. The summed E-state index contributed by atoms with van der Waals surface area (Å²) in [7, 11) is 0. The van der Waals surface area contributed by atoms with Gasteiger partial charge in [0.25, 0.3) is 0 Å². The van der Waals surface area contributed by atoms with Gasteiger partial charge >= 0.3 is 0 Å². The van der Waals surface area contributed by atoms with Crippen molar-refractivity contribution in [1.29, 1.82) is 0 Å². The lowest BCUT2D eigenvalue weighted by atomic mass is 9.98. The molecule has 1 aromatic carbocycles. The van der Waals surface area contributed by atoms with Gasteiger partial charge in [-0.15, -0.1) is 11.3 Å². The van der Waals surface area contributed by atoms with Crippen LogP contribution in [0.25, 0.3) is 11.3 Å². The van der Waals surface area contributed by atoms with Crippen LogP contribution in [0.1, 0.15) is 16.0 Å². The van der Waals surface area contributed by atoms with Crippen molar-refractivity contribution in [3.63, 3.8) is 0 Å². The van der Waals surface area contributed by atoms with Crippen LogP contribution in [-0.4, -0.2) is 9.55 Å². The third-order valence-electron chi connectivity index (χ3n) is 3.97. The minimum Gasteiger partial charge on any atom is -0.375 e. The third kappa shape index (κ3) is 2.25. The quantitative estimate of drug-likeness (QED) is 0.620. The maximum absolute atomic E-state index is 5.91. The average molecular weight is 439 g/mol. The van der Waals surface area contributed by atoms with E-state index in [-0.39, 0.29) is 0 Å². The van der Waals surface area contributed by atoms with Crippen LogP contribution < -0.4 is 5.73 Å². The number of hydrogen-bond acceptors (Lipinski definition) is 3. The van der Waals surface area contributed by atoms with E-state index in [0.29, 0.717) is 5.13 Å². The molecule has 0 amide bonds. The van der Waals surface area contributed by atoms with Gasteiger partial charge in [0, 0.05) is 17.0 Å². The first-order valence-electron chi connectivity index (χ1n) is 7.01. The van der Waals surface area contributed by atoms with Crippen LogP contribution in [0.4, 0.5) is 5.13 Å². The fourth-order valence-corrected chi connectivity index (χ4v) is 5.46. The van der Waals surface area contributed by atoms with Crippen molar-refractivity contribution in [3.8, 4) is 11.3 Å². The summed E-state index contributed by atoms with van der Waals surface area (Å²) in [4.78, 5) is 5.83. The van der Waals surface area contributed by atoms with Crippen molar-refractivity contribution in [3.05, 3.63) is 55.5 Å². The Balaban J connectivity index is 1.85. The fourth-order valence-electron chi connectivity index (χ4n) is 2.96. The molecule has 0 saturated heterocycles. The molecule has 0 spiro atoms. The van der Waals surface area contributed by atoms with Crippen LogP contribution >= 0.6 is 43.2 Å². The number of benzene rings is 1. The first-order chi connectivity index (χ1) is 10.6. The Kier molecular flexibility index (Phi) is 3.63. The van der Waals surface area contributed by atoms with Crippen LogP contribution in [-0.2, 0) is 19.4 Å². The Morgan fingerprint density at radius 3 is 2.68 bits per heavy atom. The Bertz CT molecular complexity index is 852. The summed E-state index contributed by atoms with van der Waals surface area (Å²) in [6.45, 7) is 0.823. The minimum absolute atomic E-state index is 0.650. The minimum atomic E-state index is 0.650. The number of rotatable bonds is 2. The smallest absolute Gasteiger partial charge is 0.180 e. The predicted octanol–water partition coefficient (Wildman–Crippen LogP) is 4.87. The fraction of sp³-hybridized carbons (Fsp3) is 0.188. The lowest BCUT2D eigenvalue weighted by molar-refractivity contribution is 0.764. The molecule has 6 heteroatoms. The highest BCUT2D eigenvalue weighted by Crippen LogP contribution is 2.45. The number of hydrogen-bond donors (Lipinski definition) is 1. The lowest BCUT2D eigenvalue weighted by Gasteiger charge is -2.10. The van der Waals surface area contributed by atoms with E-state index < -0.39 is 0 Å². The number of anilines is 1. The van der Waals surface area contributed by atoms with Gasteiger partial charge in [-0.2, -0.15) is 0 Å². The maximum atomic E-state index is 5.91. The maximum Gasteiger partial charge on any atom is 0.180 e. The van der Waals surface area contributed by atoms with E-state index in [1.54, 1.807) is 11.3 Å². The van der Waals surface area contributed by atoms with Crippen molar-refractivity contribution in [1.82, 2.24) is 9.55 Å². The van der Waals surface area contributed by atoms with Gasteiger partial charge in [0.05, 0.1) is 14.9 Å². The molecule has 112 valence electrons. The Morgan fingerprint density at radius 2 is 1.91 bits per heavy atom. The molecular weight excluding hydrogens is 426 g/mol. The molecule has 0 saturated carbocycles. The second kappa shape index (κ2) is 5.51. The number of aromatic nitrogens is 2. The molecule has 0 bridgehead atoms. The summed E-state index contributed by atoms with van der Waals surface area (Å²) in [6.07, 6.45) is 2.03. The molecular formula is C16H13Br2N3S. The molecule has 0 aliphatic heterocycles. The summed E-state index contributed by atoms with van der Waals surface area (Å²) in [5.41, 5.74) is 10.7. The number of nitrogen functional groups attached to an aromatic ring is 1. The predicted molar refractivity (Wildman–Crippen MR) is 98.3 cm³/mol. The molecule has 0 atom stereocenters. The first kappa shape index (κ1) is 14.5. The highest BCUT2D eigenvalue weighted by Gasteiger charge is 2.28. The van der Waals surface area contributed by atoms with E-state index in [2.05, 4.69) is 65.7 Å². The zero-order valence-corrected chi connectivity index (χ0v) is 15.6. The number of halogens is 2. The molecule has 4 rings (SSSR count). The molecule has 1 aliphatic carbocycles. The number of aryl methyl sites for hydroxylation is 1. The Morgan fingerprint density at radius 1 is 1.14 bits per heavy atom. The zero-order valence-electron chi connectivity index (χ0n) is 11.6. The van der Waals surface area contributed by atoms with Crippen molar-refractivity contribution >= 4 is 48.3 Å². The van der Waals surface area contributed by atoms with Crippen LogP contribution in [0.5, 0.6) is 0 Å². The van der Waals surface area contributed by atoms with Gasteiger partial charge in [-0.25, -0.2) is 4.98 Å². The largest absolute Gasteiger partial charge is 0.375 e. The molecule has 2 N–H and O–H groups in total. The molecule has 0 unspecified atom stereocenters. The molecule has 1 aliphatic rings. The van der Waals surface area contributed by atoms with Gasteiger partial charge in [0.15, 0.2) is 5.13 Å². The molecule has 0 radical (unpaired) electrons. The lowest BCUT2D eigenvalue weighted by Crippen LogP contribution is -2.00. The van der Waals surface area contributed by atoms with Gasteiger partial charge in [-0.05, 0) is 55.8 Å². The van der Waals surface area contributed by atoms with E-state index in [1.807, 2.05) is 6.07 Å². The van der Waals surface area contributed by atoms with E-state index >= 15 is 0 Å². The van der Waals surface area contributed by atoms with Gasteiger partial charge in [0.1, 0.15) is 0 Å². The van der Waals surface area contributed by atoms with Crippen LogP contribution in [0.3, 0.4) is 0 Å². The number of nitrogens with two attached hydrogens (primary N) is 1. The monoisotopic (exact) mass is 437 g/mol. The van der Waals surface area contributed by atoms with E-state index in [1.165, 1.54) is 21.6 Å². The van der Waals surface area contributed by atoms with Gasteiger partial charge in [0.2, 0.25) is 0 Å². The molecule has 22 heavy (non-hydrogen) atoms. The summed E-state index contributed by atoms with van der Waals surface area (Å²) in [6, 6.07) is 10.5. The summed E-state index contributed by atoms with van der Waals surface area (Å²) < 4.78 is 4.46. The normalized spacial score (nSPS) is 13.0. The van der Waals surface area contributed by atoms with Crippen LogP contribution in [0, 0.1) is 0 Å². The van der Waals surface area contributed by atoms with Gasteiger partial charge in [-0.1, -0.05) is 30.3 Å². The van der Waals surface area contributed by atoms with Crippen LogP contribution in [0.2, 0.25) is 0 Å². The SMILES string of the molecule is Nc1nc2c(s1)CCc1c-2c(Br)n(Cc2ccccc2)c1Br. The summed E-state index contributed by atoms with van der Waals surface area (Å²) >= 11 is 9.17. The highest BCUT2D eigenvalue weighted by atomic mass is 79.9. The van der Waals surface area contributed by atoms with E-state index in [9.17, 15) is 0 Å². The third-order valence-corrected chi connectivity index (χ3v) is 6.64. The molecule has 3 aromatic rings. The van der Waals surface area contributed by atoms with E-state index in [0.717, 1.165) is 34.3 Å². The van der Waals surface area contributed by atoms with Crippen molar-refractivity contribution in [2.45, 2.75) is 19.4 Å². The number of fused-ring (bicyclic) bond motifs is 3. The molecule has 0 fully saturated rings. The van der Waals surface area contributed by atoms with Gasteiger partial charge in [-0.3, -0.25) is 0 Å². The Hall–Kier alpha value is -1.11. The topological polar surface area (TPSA) is 43.8 Å². The molecule has 2 aromatic heterocycles. The van der Waals surface area contributed by atoms with Crippen LogP contribution in [0.15, 0.2) is 39.5 Å². The first-order valence-corrected chi connectivity index (χ1v) is 9.41. The molecule has 3 nitrogen and oxygen atoms in total. The average Bonchev–Trinajstić information content (AvgIpc) is 3.01. The Labute approximate surface area is 149 Å². The van der Waals surface area contributed by atoms with Crippen molar-refractivity contribution in [2.24, 2.45) is 0 Å². The summed E-state index contributed by atoms with van der Waals surface area (Å²) in [5.74, 6) is 0. The molecule has 2 heterocycles. The zero-order chi connectivity index (χ0) is 15.3. The second-order valence-corrected chi connectivity index (χ2v) is 7.95. The number of nitrogens with zero attached hydrogens (tertiary/aromatic N) is 2. The van der Waals surface area contributed by atoms with Gasteiger partial charge < -0.3 is 10.3 Å². The number of thiazole rings is 1. The van der Waals surface area contributed by atoms with E-state index in [4.69, 9.17) is 5.73 Å².